The molecule has 5 aromatic carbocycles. The molecule has 0 bridgehead atoms. The summed E-state index contributed by atoms with van der Waals surface area (Å²) >= 11 is 0. The summed E-state index contributed by atoms with van der Waals surface area (Å²) in [5, 5.41) is 0. The highest BCUT2D eigenvalue weighted by Crippen LogP contribution is 2.48. The van der Waals surface area contributed by atoms with Crippen LogP contribution < -0.4 is 0 Å². The molecule has 184 valence electrons. The summed E-state index contributed by atoms with van der Waals surface area (Å²) in [5.74, 6) is 0. The van der Waals surface area contributed by atoms with Crippen LogP contribution in [0.1, 0.15) is 53.6 Å². The van der Waals surface area contributed by atoms with Gasteiger partial charge in [0.2, 0.25) is 0 Å². The molecule has 0 saturated carbocycles. The number of rotatable bonds is 5. The first-order chi connectivity index (χ1) is 18.6. The van der Waals surface area contributed by atoms with Crippen LogP contribution >= 0.6 is 0 Å². The average Bonchev–Trinajstić information content (AvgIpc) is 2.99. The lowest BCUT2D eigenvalue weighted by atomic mass is 9.65. The minimum Gasteiger partial charge on any atom is -0.0622 e. The van der Waals surface area contributed by atoms with Crippen LogP contribution in [0.3, 0.4) is 0 Å². The highest BCUT2D eigenvalue weighted by Gasteiger charge is 2.35. The maximum absolute atomic E-state index is 2.45. The van der Waals surface area contributed by atoms with Gasteiger partial charge in [0.1, 0.15) is 0 Å². The molecular weight excluding hydrogens is 456 g/mol. The lowest BCUT2D eigenvalue weighted by Gasteiger charge is -2.37. The Morgan fingerprint density at radius 1 is 0.658 bits per heavy atom. The van der Waals surface area contributed by atoms with Gasteiger partial charge in [0.05, 0.1) is 0 Å². The van der Waals surface area contributed by atoms with E-state index in [4.69, 9.17) is 0 Å². The third-order valence-corrected chi connectivity index (χ3v) is 7.93. The smallest absolute Gasteiger partial charge is 0.0221 e. The lowest BCUT2D eigenvalue weighted by molar-refractivity contribution is 0.583. The molecule has 0 unspecified atom stereocenters. The Bertz CT molecular complexity index is 1610. The van der Waals surface area contributed by atoms with Crippen molar-refractivity contribution in [3.8, 4) is 11.1 Å². The van der Waals surface area contributed by atoms with Crippen LogP contribution in [0, 0.1) is 0 Å². The fraction of sp³-hybridized carbons (Fsp3) is 0.105. The molecule has 1 aliphatic carbocycles. The summed E-state index contributed by atoms with van der Waals surface area (Å²) in [4.78, 5) is 0. The van der Waals surface area contributed by atoms with E-state index in [0.717, 1.165) is 6.42 Å². The molecule has 0 heteroatoms. The second-order valence-corrected chi connectivity index (χ2v) is 10.5. The highest BCUT2D eigenvalue weighted by molar-refractivity contribution is 5.92. The van der Waals surface area contributed by atoms with Crippen molar-refractivity contribution in [3.63, 3.8) is 0 Å². The van der Waals surface area contributed by atoms with Gasteiger partial charge >= 0.3 is 0 Å². The fourth-order valence-electron chi connectivity index (χ4n) is 5.85. The average molecular weight is 489 g/mol. The van der Waals surface area contributed by atoms with Crippen LogP contribution in [0.25, 0.3) is 34.4 Å². The quantitative estimate of drug-likeness (QED) is 0.216. The Balaban J connectivity index is 1.61. The first-order valence-corrected chi connectivity index (χ1v) is 13.4. The Morgan fingerprint density at radius 2 is 1.21 bits per heavy atom. The van der Waals surface area contributed by atoms with E-state index in [-0.39, 0.29) is 5.41 Å². The van der Waals surface area contributed by atoms with Crippen LogP contribution in [-0.2, 0) is 5.41 Å². The Kier molecular flexibility index (Phi) is 6.40. The van der Waals surface area contributed by atoms with Gasteiger partial charge in [-0.1, -0.05) is 140 Å². The van der Waals surface area contributed by atoms with Crippen LogP contribution in [0.15, 0.2) is 133 Å². The van der Waals surface area contributed by atoms with Crippen molar-refractivity contribution in [2.24, 2.45) is 0 Å². The maximum atomic E-state index is 2.45. The molecule has 0 fully saturated rings. The molecule has 0 N–H and O–H groups in total. The first kappa shape index (κ1) is 23.9. The third-order valence-electron chi connectivity index (χ3n) is 7.93. The van der Waals surface area contributed by atoms with E-state index in [1.165, 1.54) is 55.7 Å². The van der Waals surface area contributed by atoms with Gasteiger partial charge in [0.15, 0.2) is 0 Å². The first-order valence-electron chi connectivity index (χ1n) is 13.4. The van der Waals surface area contributed by atoms with Gasteiger partial charge in [-0.15, -0.1) is 0 Å². The molecule has 0 aliphatic heterocycles. The number of hydrogen-bond donors (Lipinski definition) is 0. The zero-order valence-electron chi connectivity index (χ0n) is 22.1. The molecule has 0 nitrogen and oxygen atoms in total. The Morgan fingerprint density at radius 3 is 1.84 bits per heavy atom. The van der Waals surface area contributed by atoms with Crippen molar-refractivity contribution in [1.82, 2.24) is 0 Å². The zero-order valence-corrected chi connectivity index (χ0v) is 22.1. The largest absolute Gasteiger partial charge is 0.0622 e. The van der Waals surface area contributed by atoms with E-state index >= 15 is 0 Å². The second kappa shape index (κ2) is 10.1. The minimum atomic E-state index is -0.144. The van der Waals surface area contributed by atoms with E-state index in [9.17, 15) is 0 Å². The van der Waals surface area contributed by atoms with Gasteiger partial charge < -0.3 is 0 Å². The Labute approximate surface area is 226 Å². The van der Waals surface area contributed by atoms with Crippen LogP contribution in [-0.4, -0.2) is 0 Å². The van der Waals surface area contributed by atoms with Crippen LogP contribution in [0.2, 0.25) is 0 Å². The molecular formula is C38H32. The van der Waals surface area contributed by atoms with Gasteiger partial charge in [-0.2, -0.15) is 0 Å². The molecule has 0 amide bonds. The molecule has 0 spiro atoms. The summed E-state index contributed by atoms with van der Waals surface area (Å²) in [6, 6.07) is 48.2. The molecule has 5 aromatic rings. The number of benzene rings is 5. The van der Waals surface area contributed by atoms with E-state index in [1.807, 2.05) is 0 Å². The number of allylic oxidation sites excluding steroid dienone is 2. The van der Waals surface area contributed by atoms with Gasteiger partial charge in [0.25, 0.3) is 0 Å². The predicted octanol–water partition coefficient (Wildman–Crippen LogP) is 10.2. The predicted molar refractivity (Wildman–Crippen MR) is 164 cm³/mol. The van der Waals surface area contributed by atoms with Crippen molar-refractivity contribution >= 4 is 23.3 Å². The normalized spacial score (nSPS) is 17.0. The van der Waals surface area contributed by atoms with Crippen molar-refractivity contribution in [3.05, 3.63) is 167 Å². The summed E-state index contributed by atoms with van der Waals surface area (Å²) in [6.07, 6.45) is 5.73. The van der Waals surface area contributed by atoms with Gasteiger partial charge in [-0.25, -0.2) is 0 Å². The van der Waals surface area contributed by atoms with Crippen LogP contribution in [0.4, 0.5) is 0 Å². The monoisotopic (exact) mass is 488 g/mol. The van der Waals surface area contributed by atoms with E-state index in [1.54, 1.807) is 0 Å². The molecule has 6 rings (SSSR count). The topological polar surface area (TPSA) is 0 Å². The Hall–Kier alpha value is -4.42. The summed E-state index contributed by atoms with van der Waals surface area (Å²) < 4.78 is 0. The van der Waals surface area contributed by atoms with Crippen molar-refractivity contribution in [2.75, 3.05) is 0 Å². The van der Waals surface area contributed by atoms with Crippen LogP contribution in [0.5, 0.6) is 0 Å². The minimum absolute atomic E-state index is 0.144. The van der Waals surface area contributed by atoms with Crippen molar-refractivity contribution < 1.29 is 0 Å². The lowest BCUT2D eigenvalue weighted by Crippen LogP contribution is -2.28. The van der Waals surface area contributed by atoms with Gasteiger partial charge in [-0.05, 0) is 81.1 Å². The number of fused-ring (bicyclic) bond motifs is 1. The maximum Gasteiger partial charge on any atom is 0.0221 e. The van der Waals surface area contributed by atoms with Crippen molar-refractivity contribution in [1.29, 1.82) is 0 Å². The molecule has 0 heterocycles. The molecule has 1 aliphatic rings. The van der Waals surface area contributed by atoms with E-state index < -0.39 is 0 Å². The summed E-state index contributed by atoms with van der Waals surface area (Å²) in [7, 11) is 0. The van der Waals surface area contributed by atoms with E-state index in [2.05, 4.69) is 159 Å². The molecule has 0 aromatic heterocycles. The SMILES string of the molecule is C/C(=C\c1cc2c(cc1-c1ccccc1)C=C(c1ccccc1)C[C@]2(C)c1ccccc1)c1ccccc1. The second-order valence-electron chi connectivity index (χ2n) is 10.5. The molecule has 0 saturated heterocycles. The molecule has 0 radical (unpaired) electrons. The summed E-state index contributed by atoms with van der Waals surface area (Å²) in [6.45, 7) is 4.63. The van der Waals surface area contributed by atoms with Gasteiger partial charge in [-0.3, -0.25) is 0 Å². The van der Waals surface area contributed by atoms with Gasteiger partial charge in [0, 0.05) is 5.41 Å². The molecule has 1 atom stereocenters. The zero-order chi connectivity index (χ0) is 26.0. The summed E-state index contributed by atoms with van der Waals surface area (Å²) in [5.41, 5.74) is 12.9. The highest BCUT2D eigenvalue weighted by atomic mass is 14.4. The van der Waals surface area contributed by atoms with Crippen molar-refractivity contribution in [2.45, 2.75) is 25.7 Å². The molecule has 38 heavy (non-hydrogen) atoms. The van der Waals surface area contributed by atoms with E-state index in [0.29, 0.717) is 0 Å². The third kappa shape index (κ3) is 4.55. The fourth-order valence-corrected chi connectivity index (χ4v) is 5.85. The number of hydrogen-bond acceptors (Lipinski definition) is 0. The standard InChI is InChI=1S/C38H32/c1-28(29-15-7-3-8-16-29)23-32-26-37-33(25-36(32)31-19-11-5-12-20-31)24-34(30-17-9-4-10-18-30)27-38(37,2)35-21-13-6-14-22-35/h3-26H,27H2,1-2H3/b28-23+/t38-/m1/s1.